The first-order chi connectivity index (χ1) is 13.6. The zero-order valence-corrected chi connectivity index (χ0v) is 15.7. The van der Waals surface area contributed by atoms with Crippen LogP contribution in [0.4, 0.5) is 23.4 Å². The van der Waals surface area contributed by atoms with Crippen LogP contribution in [0.5, 0.6) is 5.75 Å². The molecule has 0 saturated heterocycles. The maximum atomic E-state index is 13.0. The summed E-state index contributed by atoms with van der Waals surface area (Å²) in [5, 5.41) is 17.6. The van der Waals surface area contributed by atoms with E-state index >= 15 is 0 Å². The molecule has 0 fully saturated rings. The number of rotatable bonds is 8. The first-order valence-corrected chi connectivity index (χ1v) is 8.71. The van der Waals surface area contributed by atoms with E-state index in [0.717, 1.165) is 6.07 Å². The van der Waals surface area contributed by atoms with Crippen molar-refractivity contribution in [1.82, 2.24) is 19.6 Å². The molecular formula is C17H16ClF4N5O2. The molecule has 12 heteroatoms. The number of fused-ring (bicyclic) bond motifs is 1. The van der Waals surface area contributed by atoms with Gasteiger partial charge in [-0.05, 0) is 24.6 Å². The Morgan fingerprint density at radius 2 is 2.03 bits per heavy atom. The summed E-state index contributed by atoms with van der Waals surface area (Å²) in [6.45, 7) is -1.52. The molecule has 2 heterocycles. The number of anilines is 1. The van der Waals surface area contributed by atoms with Gasteiger partial charge in [0.05, 0.1) is 5.60 Å². The monoisotopic (exact) mass is 433 g/mol. The summed E-state index contributed by atoms with van der Waals surface area (Å²) in [6.07, 6.45) is -1.57. The molecule has 0 aliphatic rings. The molecule has 2 aromatic heterocycles. The molecule has 156 valence electrons. The van der Waals surface area contributed by atoms with Crippen molar-refractivity contribution in [2.24, 2.45) is 0 Å². The fourth-order valence-corrected chi connectivity index (χ4v) is 2.91. The lowest BCUT2D eigenvalue weighted by atomic mass is 9.96. The Hall–Kier alpha value is -2.66. The van der Waals surface area contributed by atoms with Crippen molar-refractivity contribution in [3.63, 3.8) is 0 Å². The second-order valence-corrected chi connectivity index (χ2v) is 6.90. The molecular weight excluding hydrogens is 418 g/mol. The minimum Gasteiger partial charge on any atom is -0.435 e. The maximum Gasteiger partial charge on any atom is 0.387 e. The number of hydrogen-bond donors (Lipinski definition) is 2. The number of aromatic nitrogens is 4. The summed E-state index contributed by atoms with van der Waals surface area (Å²) >= 11 is 6.08. The van der Waals surface area contributed by atoms with E-state index in [-0.39, 0.29) is 35.3 Å². The Kier molecular flexibility index (Phi) is 6.08. The summed E-state index contributed by atoms with van der Waals surface area (Å²) in [5.41, 5.74) is -1.35. The number of nitrogens with zero attached hydrogens (tertiary/aromatic N) is 4. The van der Waals surface area contributed by atoms with Crippen LogP contribution in [0.2, 0.25) is 5.02 Å². The van der Waals surface area contributed by atoms with Crippen molar-refractivity contribution in [3.8, 4) is 5.75 Å². The zero-order valence-electron chi connectivity index (χ0n) is 15.0. The topological polar surface area (TPSA) is 84.6 Å². The van der Waals surface area contributed by atoms with Gasteiger partial charge >= 0.3 is 6.61 Å². The van der Waals surface area contributed by atoms with E-state index in [0.29, 0.717) is 5.56 Å². The molecule has 0 bridgehead atoms. The van der Waals surface area contributed by atoms with Crippen molar-refractivity contribution in [2.75, 3.05) is 11.9 Å². The first-order valence-electron chi connectivity index (χ1n) is 8.33. The average molecular weight is 434 g/mol. The van der Waals surface area contributed by atoms with Crippen LogP contribution in [0.15, 0.2) is 30.6 Å². The van der Waals surface area contributed by atoms with Gasteiger partial charge in [-0.3, -0.25) is 0 Å². The standard InChI is InChI=1S/C17H16ClF4N5O2/c1-17(28,6-9-2-3-10(4-11(9)18)29-15(21)22)7-23-13-5-12(14(19)20)26-16-24-8-25-27(13)16/h2-5,8,14-15,23,28H,6-7H2,1H3/t17-/m1/s1. The Labute approximate surface area is 167 Å². The SMILES string of the molecule is C[C@](O)(CNc1cc(C(F)F)nc2ncnn12)Cc1ccc(OC(F)F)cc1Cl. The number of nitrogens with one attached hydrogen (secondary N) is 1. The largest absolute Gasteiger partial charge is 0.435 e. The summed E-state index contributed by atoms with van der Waals surface area (Å²) < 4.78 is 56.1. The van der Waals surface area contributed by atoms with Crippen LogP contribution in [0, 0.1) is 0 Å². The Morgan fingerprint density at radius 3 is 2.69 bits per heavy atom. The second kappa shape index (κ2) is 8.37. The van der Waals surface area contributed by atoms with Gasteiger partial charge < -0.3 is 15.2 Å². The average Bonchev–Trinajstić information content (AvgIpc) is 3.10. The van der Waals surface area contributed by atoms with E-state index in [9.17, 15) is 22.7 Å². The lowest BCUT2D eigenvalue weighted by Gasteiger charge is -2.25. The molecule has 0 aliphatic carbocycles. The number of halogens is 5. The number of benzene rings is 1. The highest BCUT2D eigenvalue weighted by Crippen LogP contribution is 2.27. The number of aliphatic hydroxyl groups is 1. The second-order valence-electron chi connectivity index (χ2n) is 6.50. The molecule has 3 aromatic rings. The number of ether oxygens (including phenoxy) is 1. The van der Waals surface area contributed by atoms with E-state index in [2.05, 4.69) is 25.1 Å². The van der Waals surface area contributed by atoms with Crippen LogP contribution in [-0.4, -0.2) is 43.4 Å². The fourth-order valence-electron chi connectivity index (χ4n) is 2.67. The summed E-state index contributed by atoms with van der Waals surface area (Å²) in [6, 6.07) is 5.12. The van der Waals surface area contributed by atoms with E-state index in [1.807, 2.05) is 0 Å². The van der Waals surface area contributed by atoms with Gasteiger partial charge in [0.1, 0.15) is 23.6 Å². The van der Waals surface area contributed by atoms with Crippen LogP contribution >= 0.6 is 11.6 Å². The summed E-state index contributed by atoms with van der Waals surface area (Å²) in [4.78, 5) is 7.50. The van der Waals surface area contributed by atoms with Gasteiger partial charge in [-0.2, -0.15) is 23.4 Å². The maximum absolute atomic E-state index is 13.0. The lowest BCUT2D eigenvalue weighted by Crippen LogP contribution is -2.36. The molecule has 29 heavy (non-hydrogen) atoms. The van der Waals surface area contributed by atoms with E-state index in [4.69, 9.17) is 11.6 Å². The van der Waals surface area contributed by atoms with Crippen molar-refractivity contribution in [1.29, 1.82) is 0 Å². The highest BCUT2D eigenvalue weighted by Gasteiger charge is 2.24. The third-order valence-electron chi connectivity index (χ3n) is 3.97. The smallest absolute Gasteiger partial charge is 0.387 e. The van der Waals surface area contributed by atoms with Crippen LogP contribution in [-0.2, 0) is 6.42 Å². The van der Waals surface area contributed by atoms with Gasteiger partial charge in [0.2, 0.25) is 0 Å². The minimum absolute atomic E-state index is 0.0115. The van der Waals surface area contributed by atoms with Crippen LogP contribution in [0.25, 0.3) is 5.78 Å². The van der Waals surface area contributed by atoms with Crippen molar-refractivity contribution in [2.45, 2.75) is 32.0 Å². The highest BCUT2D eigenvalue weighted by atomic mass is 35.5. The van der Waals surface area contributed by atoms with Gasteiger partial charge in [-0.15, -0.1) is 0 Å². The van der Waals surface area contributed by atoms with E-state index in [1.54, 1.807) is 0 Å². The normalized spacial score (nSPS) is 13.8. The summed E-state index contributed by atoms with van der Waals surface area (Å²) in [5.74, 6) is 0.0638. The molecule has 2 N–H and O–H groups in total. The molecule has 1 atom stereocenters. The molecule has 1 aromatic carbocycles. The quantitative estimate of drug-likeness (QED) is 0.527. The molecule has 3 rings (SSSR count). The van der Waals surface area contributed by atoms with Crippen LogP contribution < -0.4 is 10.1 Å². The Morgan fingerprint density at radius 1 is 1.28 bits per heavy atom. The molecule has 0 unspecified atom stereocenters. The number of alkyl halides is 4. The van der Waals surface area contributed by atoms with Crippen molar-refractivity contribution in [3.05, 3.63) is 46.9 Å². The van der Waals surface area contributed by atoms with E-state index in [1.165, 1.54) is 36.0 Å². The van der Waals surface area contributed by atoms with Gasteiger partial charge in [-0.25, -0.2) is 13.8 Å². The molecule has 0 aliphatic heterocycles. The summed E-state index contributed by atoms with van der Waals surface area (Å²) in [7, 11) is 0. The number of hydrogen-bond acceptors (Lipinski definition) is 6. The molecule has 0 radical (unpaired) electrons. The first kappa shape index (κ1) is 21.1. The minimum atomic E-state index is -2.98. The molecule has 0 saturated carbocycles. The third-order valence-corrected chi connectivity index (χ3v) is 4.32. The van der Waals surface area contributed by atoms with Gasteiger partial charge in [0, 0.05) is 24.1 Å². The lowest BCUT2D eigenvalue weighted by molar-refractivity contribution is -0.0498. The highest BCUT2D eigenvalue weighted by molar-refractivity contribution is 6.31. The van der Waals surface area contributed by atoms with Gasteiger partial charge in [0.25, 0.3) is 12.2 Å². The predicted octanol–water partition coefficient (Wildman–Crippen LogP) is 3.72. The zero-order chi connectivity index (χ0) is 21.2. The van der Waals surface area contributed by atoms with Crippen molar-refractivity contribution >= 4 is 23.2 Å². The van der Waals surface area contributed by atoms with Crippen molar-refractivity contribution < 1.29 is 27.4 Å². The molecule has 7 nitrogen and oxygen atoms in total. The fraction of sp³-hybridized carbons (Fsp3) is 0.353. The molecule has 0 amide bonds. The van der Waals surface area contributed by atoms with Crippen LogP contribution in [0.1, 0.15) is 24.6 Å². The third kappa shape index (κ3) is 5.24. The van der Waals surface area contributed by atoms with Gasteiger partial charge in [0.15, 0.2) is 0 Å². The predicted molar refractivity (Wildman–Crippen MR) is 96.6 cm³/mol. The van der Waals surface area contributed by atoms with Gasteiger partial charge in [-0.1, -0.05) is 17.7 Å². The van der Waals surface area contributed by atoms with E-state index < -0.39 is 24.3 Å². The van der Waals surface area contributed by atoms with Crippen LogP contribution in [0.3, 0.4) is 0 Å². The Balaban J connectivity index is 1.74. The molecule has 0 spiro atoms. The Bertz CT molecular complexity index is 999.